The molecule has 0 aliphatic carbocycles. The highest BCUT2D eigenvalue weighted by molar-refractivity contribution is 7.89. The molecule has 2 atom stereocenters. The smallest absolute Gasteiger partial charge is 0.273 e. The molecule has 1 saturated heterocycles. The molecule has 0 saturated carbocycles. The summed E-state index contributed by atoms with van der Waals surface area (Å²) in [6.45, 7) is 3.74. The van der Waals surface area contributed by atoms with Crippen molar-refractivity contribution in [2.45, 2.75) is 31.1 Å². The third kappa shape index (κ3) is 2.94. The molecule has 7 nitrogen and oxygen atoms in total. The van der Waals surface area contributed by atoms with Gasteiger partial charge >= 0.3 is 0 Å². The summed E-state index contributed by atoms with van der Waals surface area (Å²) in [7, 11) is -3.61. The zero-order valence-electron chi connectivity index (χ0n) is 12.3. The van der Waals surface area contributed by atoms with Gasteiger partial charge in [0.2, 0.25) is 5.09 Å². The van der Waals surface area contributed by atoms with Crippen molar-refractivity contribution in [3.8, 4) is 0 Å². The lowest BCUT2D eigenvalue weighted by atomic mass is 10.0. The Morgan fingerprint density at radius 2 is 2.36 bits per heavy atom. The molecule has 1 fully saturated rings. The fraction of sp³-hybridized carbons (Fsp3) is 0.500. The van der Waals surface area contributed by atoms with Crippen LogP contribution < -0.4 is 4.72 Å². The standard InChI is InChI=1S/C14H19N3O4S/c1-2-17-7-6-15-14(17)13-11(5-9-21-13)10-16-22(18,19)12-4-3-8-20-12/h3-4,6-8,11,13,16H,2,5,9-10H2,1H3/t11-,13+/m0/s1. The Bertz CT molecular complexity index is 708. The maximum atomic E-state index is 12.1. The average molecular weight is 325 g/mol. The first-order valence-corrected chi connectivity index (χ1v) is 8.76. The van der Waals surface area contributed by atoms with E-state index in [1.807, 2.05) is 17.7 Å². The number of aryl methyl sites for hydroxylation is 1. The van der Waals surface area contributed by atoms with E-state index in [2.05, 4.69) is 9.71 Å². The third-order valence-electron chi connectivity index (χ3n) is 3.85. The van der Waals surface area contributed by atoms with Gasteiger partial charge in [-0.25, -0.2) is 18.1 Å². The summed E-state index contributed by atoms with van der Waals surface area (Å²) in [6, 6.07) is 2.98. The summed E-state index contributed by atoms with van der Waals surface area (Å²) in [5, 5.41) is -0.0713. The maximum absolute atomic E-state index is 12.1. The average Bonchev–Trinajstić information content (AvgIpc) is 3.23. The van der Waals surface area contributed by atoms with Crippen molar-refractivity contribution in [3.05, 3.63) is 36.6 Å². The molecular formula is C14H19N3O4S. The van der Waals surface area contributed by atoms with Crippen LogP contribution >= 0.6 is 0 Å². The van der Waals surface area contributed by atoms with Crippen LogP contribution in [-0.4, -0.2) is 31.1 Å². The van der Waals surface area contributed by atoms with Crippen LogP contribution in [-0.2, 0) is 21.3 Å². The van der Waals surface area contributed by atoms with Crippen LogP contribution in [0.3, 0.4) is 0 Å². The number of hydrogen-bond acceptors (Lipinski definition) is 5. The molecule has 120 valence electrons. The van der Waals surface area contributed by atoms with E-state index in [0.717, 1.165) is 18.8 Å². The maximum Gasteiger partial charge on any atom is 0.273 e. The summed E-state index contributed by atoms with van der Waals surface area (Å²) in [4.78, 5) is 4.36. The van der Waals surface area contributed by atoms with Gasteiger partial charge in [-0.3, -0.25) is 0 Å². The molecule has 1 aliphatic heterocycles. The number of aromatic nitrogens is 2. The second kappa shape index (κ2) is 6.23. The molecule has 8 heteroatoms. The molecule has 1 aliphatic rings. The molecule has 0 unspecified atom stereocenters. The quantitative estimate of drug-likeness (QED) is 0.871. The van der Waals surface area contributed by atoms with E-state index < -0.39 is 10.0 Å². The molecule has 0 radical (unpaired) electrons. The second-order valence-corrected chi connectivity index (χ2v) is 6.89. The highest BCUT2D eigenvalue weighted by atomic mass is 32.2. The Morgan fingerprint density at radius 3 is 3.09 bits per heavy atom. The van der Waals surface area contributed by atoms with Gasteiger partial charge in [0, 0.05) is 38.0 Å². The predicted molar refractivity (Wildman–Crippen MR) is 78.6 cm³/mol. The van der Waals surface area contributed by atoms with Crippen LogP contribution in [0, 0.1) is 5.92 Å². The van der Waals surface area contributed by atoms with Gasteiger partial charge in [-0.05, 0) is 25.5 Å². The summed E-state index contributed by atoms with van der Waals surface area (Å²) < 4.78 is 39.5. The minimum absolute atomic E-state index is 0.0532. The van der Waals surface area contributed by atoms with Gasteiger partial charge in [0.05, 0.1) is 6.26 Å². The van der Waals surface area contributed by atoms with Gasteiger partial charge in [-0.15, -0.1) is 0 Å². The van der Waals surface area contributed by atoms with Gasteiger partial charge in [0.25, 0.3) is 10.0 Å². The van der Waals surface area contributed by atoms with Crippen molar-refractivity contribution in [1.29, 1.82) is 0 Å². The number of rotatable bonds is 6. The van der Waals surface area contributed by atoms with Crippen LogP contribution in [0.5, 0.6) is 0 Å². The number of nitrogens with one attached hydrogen (secondary N) is 1. The van der Waals surface area contributed by atoms with Crippen LogP contribution in [0.2, 0.25) is 0 Å². The highest BCUT2D eigenvalue weighted by Gasteiger charge is 2.33. The van der Waals surface area contributed by atoms with Gasteiger partial charge in [0.1, 0.15) is 11.9 Å². The van der Waals surface area contributed by atoms with Crippen LogP contribution in [0.25, 0.3) is 0 Å². The van der Waals surface area contributed by atoms with E-state index in [1.54, 1.807) is 12.3 Å². The van der Waals surface area contributed by atoms with Gasteiger partial charge in [-0.1, -0.05) is 0 Å². The number of imidazole rings is 1. The van der Waals surface area contributed by atoms with Crippen molar-refractivity contribution < 1.29 is 17.6 Å². The molecule has 2 aromatic rings. The molecule has 22 heavy (non-hydrogen) atoms. The SMILES string of the molecule is CCn1ccnc1[C@@H]1OCC[C@H]1CNS(=O)(=O)c1ccco1. The van der Waals surface area contributed by atoms with E-state index >= 15 is 0 Å². The van der Waals surface area contributed by atoms with Crippen molar-refractivity contribution in [2.75, 3.05) is 13.2 Å². The Balaban J connectivity index is 1.70. The van der Waals surface area contributed by atoms with E-state index in [-0.39, 0.29) is 17.1 Å². The van der Waals surface area contributed by atoms with Crippen LogP contribution in [0.4, 0.5) is 0 Å². The lowest BCUT2D eigenvalue weighted by molar-refractivity contribution is 0.0816. The lowest BCUT2D eigenvalue weighted by Crippen LogP contribution is -2.31. The molecule has 3 heterocycles. The molecule has 0 bridgehead atoms. The summed E-state index contributed by atoms with van der Waals surface area (Å²) in [5.74, 6) is 0.902. The Hall–Kier alpha value is -1.64. The van der Waals surface area contributed by atoms with E-state index in [4.69, 9.17) is 9.15 Å². The minimum Gasteiger partial charge on any atom is -0.452 e. The predicted octanol–water partition coefficient (Wildman–Crippen LogP) is 1.55. The van der Waals surface area contributed by atoms with Gasteiger partial charge in [-0.2, -0.15) is 0 Å². The van der Waals surface area contributed by atoms with Crippen molar-refractivity contribution in [2.24, 2.45) is 5.92 Å². The van der Waals surface area contributed by atoms with Crippen molar-refractivity contribution in [3.63, 3.8) is 0 Å². The van der Waals surface area contributed by atoms with Crippen LogP contribution in [0.1, 0.15) is 25.3 Å². The highest BCUT2D eigenvalue weighted by Crippen LogP contribution is 2.33. The second-order valence-electron chi connectivity index (χ2n) is 5.20. The number of nitrogens with zero attached hydrogens (tertiary/aromatic N) is 2. The molecule has 0 aromatic carbocycles. The topological polar surface area (TPSA) is 86.4 Å². The largest absolute Gasteiger partial charge is 0.452 e. The Kier molecular flexibility index (Phi) is 4.32. The number of ether oxygens (including phenoxy) is 1. The van der Waals surface area contributed by atoms with E-state index in [0.29, 0.717) is 13.2 Å². The fourth-order valence-electron chi connectivity index (χ4n) is 2.68. The molecule has 1 N–H and O–H groups in total. The number of sulfonamides is 1. The molecular weight excluding hydrogens is 306 g/mol. The summed E-state index contributed by atoms with van der Waals surface area (Å²) >= 11 is 0. The zero-order chi connectivity index (χ0) is 15.6. The molecule has 3 rings (SSSR count). The minimum atomic E-state index is -3.61. The Labute approximate surface area is 129 Å². The molecule has 2 aromatic heterocycles. The first kappa shape index (κ1) is 15.3. The van der Waals surface area contributed by atoms with E-state index in [9.17, 15) is 8.42 Å². The summed E-state index contributed by atoms with van der Waals surface area (Å²) in [6.07, 6.45) is 5.59. The normalized spacial score (nSPS) is 22.2. The first-order chi connectivity index (χ1) is 10.6. The van der Waals surface area contributed by atoms with E-state index in [1.165, 1.54) is 12.3 Å². The molecule has 0 amide bonds. The zero-order valence-corrected chi connectivity index (χ0v) is 13.1. The third-order valence-corrected chi connectivity index (χ3v) is 5.16. The van der Waals surface area contributed by atoms with Gasteiger partial charge in [0.15, 0.2) is 0 Å². The Morgan fingerprint density at radius 1 is 1.50 bits per heavy atom. The number of hydrogen-bond donors (Lipinski definition) is 1. The monoisotopic (exact) mass is 325 g/mol. The van der Waals surface area contributed by atoms with Crippen molar-refractivity contribution >= 4 is 10.0 Å². The molecule has 0 spiro atoms. The van der Waals surface area contributed by atoms with Gasteiger partial charge < -0.3 is 13.7 Å². The summed E-state index contributed by atoms with van der Waals surface area (Å²) in [5.41, 5.74) is 0. The first-order valence-electron chi connectivity index (χ1n) is 7.27. The fourth-order valence-corrected chi connectivity index (χ4v) is 3.69. The van der Waals surface area contributed by atoms with Crippen molar-refractivity contribution in [1.82, 2.24) is 14.3 Å². The van der Waals surface area contributed by atoms with Crippen LogP contribution in [0.15, 0.2) is 40.3 Å². The lowest BCUT2D eigenvalue weighted by Gasteiger charge is -2.19. The number of furan rings is 1.